The van der Waals surface area contributed by atoms with Gasteiger partial charge in [0.25, 0.3) is 5.91 Å². The van der Waals surface area contributed by atoms with Crippen LogP contribution < -0.4 is 20.7 Å². The Balaban J connectivity index is 1.13. The summed E-state index contributed by atoms with van der Waals surface area (Å²) in [7, 11) is 0.251. The number of fused-ring (bicyclic) bond motifs is 1. The third-order valence-electron chi connectivity index (χ3n) is 9.45. The maximum absolute atomic E-state index is 13.8. The Morgan fingerprint density at radius 2 is 1.59 bits per heavy atom. The fraction of sp³-hybridized carbons (Fsp3) is 0.390. The lowest BCUT2D eigenvalue weighted by Gasteiger charge is -2.30. The predicted molar refractivity (Wildman–Crippen MR) is 210 cm³/mol. The number of carbonyl (C=O) groups is 5. The van der Waals surface area contributed by atoms with E-state index in [4.69, 9.17) is 14.0 Å². The molecule has 1 fully saturated rings. The van der Waals surface area contributed by atoms with Crippen molar-refractivity contribution >= 4 is 47.6 Å². The van der Waals surface area contributed by atoms with Gasteiger partial charge < -0.3 is 30.0 Å². The van der Waals surface area contributed by atoms with Crippen LogP contribution in [0.1, 0.15) is 67.6 Å². The number of rotatable bonds is 17. The Morgan fingerprint density at radius 3 is 2.27 bits per heavy atom. The third-order valence-corrected chi connectivity index (χ3v) is 9.45. The number of unbranched alkanes of at least 4 members (excludes halogenated alkanes) is 1. The molecule has 294 valence electrons. The van der Waals surface area contributed by atoms with E-state index in [0.717, 1.165) is 27.6 Å². The summed E-state index contributed by atoms with van der Waals surface area (Å²) in [6, 6.07) is 19.9. The van der Waals surface area contributed by atoms with Crippen molar-refractivity contribution < 1.29 is 38.0 Å². The number of nitrogens with one attached hydrogen (secondary N) is 3. The van der Waals surface area contributed by atoms with Crippen LogP contribution in [0.2, 0.25) is 0 Å². The summed E-state index contributed by atoms with van der Waals surface area (Å²) in [5.41, 5.74) is 1.75. The number of aromatic nitrogens is 2. The van der Waals surface area contributed by atoms with Crippen LogP contribution in [0.3, 0.4) is 0 Å². The minimum absolute atomic E-state index is 0.0158. The molecule has 1 saturated heterocycles. The number of nitrogens with zero attached hydrogens (tertiary/aromatic N) is 3. The Labute approximate surface area is 327 Å². The Morgan fingerprint density at radius 1 is 0.875 bits per heavy atom. The van der Waals surface area contributed by atoms with Gasteiger partial charge in [0, 0.05) is 25.4 Å². The van der Waals surface area contributed by atoms with Crippen molar-refractivity contribution in [3.63, 3.8) is 0 Å². The second kappa shape index (κ2) is 20.2. The topological polar surface area (TPSA) is 178 Å². The fourth-order valence-corrected chi connectivity index (χ4v) is 6.45. The molecule has 4 aromatic rings. The van der Waals surface area contributed by atoms with Crippen molar-refractivity contribution in [3.05, 3.63) is 102 Å². The van der Waals surface area contributed by atoms with Gasteiger partial charge in [-0.15, -0.1) is 0 Å². The number of ether oxygens (including phenoxy) is 1. The predicted octanol–water partition coefficient (Wildman–Crippen LogP) is 3.64. The number of hydrogen-bond donors (Lipinski definition) is 3. The van der Waals surface area contributed by atoms with Crippen LogP contribution in [0.5, 0.6) is 5.75 Å². The van der Waals surface area contributed by atoms with Gasteiger partial charge in [0.1, 0.15) is 17.5 Å². The van der Waals surface area contributed by atoms with Gasteiger partial charge in [-0.25, -0.2) is 4.98 Å². The average molecular weight is 765 g/mol. The summed E-state index contributed by atoms with van der Waals surface area (Å²) in [4.78, 5) is 75.6. The molecule has 56 heavy (non-hydrogen) atoms. The highest BCUT2D eigenvalue weighted by molar-refractivity contribution is 6.51. The molecule has 3 N–H and O–H groups in total. The Kier molecular flexibility index (Phi) is 14.9. The molecular weight excluding hydrogens is 715 g/mol. The third kappa shape index (κ3) is 12.1. The van der Waals surface area contributed by atoms with Crippen LogP contribution in [0, 0.1) is 5.92 Å². The van der Waals surface area contributed by atoms with Crippen molar-refractivity contribution in [1.82, 2.24) is 30.8 Å². The van der Waals surface area contributed by atoms with E-state index in [1.807, 2.05) is 87.5 Å². The van der Waals surface area contributed by atoms with Crippen LogP contribution in [0.4, 0.5) is 0 Å². The highest BCUT2D eigenvalue weighted by Gasteiger charge is 2.42. The van der Waals surface area contributed by atoms with Gasteiger partial charge in [-0.2, -0.15) is 0 Å². The van der Waals surface area contributed by atoms with Crippen molar-refractivity contribution in [2.75, 3.05) is 33.3 Å². The molecular formula is C41H49BN6O8. The van der Waals surface area contributed by atoms with Gasteiger partial charge in [-0.3, -0.25) is 33.9 Å². The van der Waals surface area contributed by atoms with E-state index in [1.54, 1.807) is 12.0 Å². The average Bonchev–Trinajstić information content (AvgIpc) is 3.18. The molecule has 0 radical (unpaired) electrons. The SMILES string of the molecule is COc1ccc2cc([C@H](C)C(=O)NCCCCN3CC(=O)OB([C@H](CC(C)C)NC(=O)[C@H](Cc4ccccc4)NC(=O)c4cnccn4)OC(=O)C3)ccc2c1. The van der Waals surface area contributed by atoms with Gasteiger partial charge in [-0.05, 0) is 72.7 Å². The first-order valence-corrected chi connectivity index (χ1v) is 18.9. The van der Waals surface area contributed by atoms with Crippen LogP contribution in [-0.2, 0) is 34.9 Å². The molecule has 2 heterocycles. The molecule has 1 aliphatic rings. The van der Waals surface area contributed by atoms with Crippen LogP contribution in [0.15, 0.2) is 85.3 Å². The van der Waals surface area contributed by atoms with E-state index in [2.05, 4.69) is 25.9 Å². The molecule has 15 heteroatoms. The van der Waals surface area contributed by atoms with Crippen molar-refractivity contribution in [3.8, 4) is 5.75 Å². The van der Waals surface area contributed by atoms with Crippen molar-refractivity contribution in [2.45, 2.75) is 64.4 Å². The van der Waals surface area contributed by atoms with Crippen LogP contribution in [0.25, 0.3) is 10.8 Å². The van der Waals surface area contributed by atoms with Gasteiger partial charge in [0.05, 0.1) is 38.3 Å². The monoisotopic (exact) mass is 764 g/mol. The molecule has 0 unspecified atom stereocenters. The molecule has 0 spiro atoms. The zero-order chi connectivity index (χ0) is 40.0. The molecule has 5 rings (SSSR count). The Bertz CT molecular complexity index is 1950. The maximum Gasteiger partial charge on any atom is 0.622 e. The minimum Gasteiger partial charge on any atom is -0.497 e. The van der Waals surface area contributed by atoms with E-state index in [0.29, 0.717) is 32.4 Å². The lowest BCUT2D eigenvalue weighted by Crippen LogP contribution is -2.58. The van der Waals surface area contributed by atoms with Crippen molar-refractivity contribution in [1.29, 1.82) is 0 Å². The van der Waals surface area contributed by atoms with Crippen LogP contribution >= 0.6 is 0 Å². The summed E-state index contributed by atoms with van der Waals surface area (Å²) in [5, 5.41) is 10.7. The van der Waals surface area contributed by atoms with Gasteiger partial charge in [0.15, 0.2) is 0 Å². The smallest absolute Gasteiger partial charge is 0.497 e. The van der Waals surface area contributed by atoms with E-state index in [9.17, 15) is 24.0 Å². The molecule has 0 aliphatic carbocycles. The molecule has 1 aliphatic heterocycles. The Hall–Kier alpha value is -5.83. The fourth-order valence-electron chi connectivity index (χ4n) is 6.45. The zero-order valence-electron chi connectivity index (χ0n) is 32.2. The lowest BCUT2D eigenvalue weighted by atomic mass is 9.73. The van der Waals surface area contributed by atoms with E-state index < -0.39 is 42.9 Å². The summed E-state index contributed by atoms with van der Waals surface area (Å²) in [6.07, 6.45) is 5.83. The second-order valence-electron chi connectivity index (χ2n) is 14.3. The molecule has 0 bridgehead atoms. The maximum atomic E-state index is 13.8. The molecule has 3 amide bonds. The first-order chi connectivity index (χ1) is 27.0. The lowest BCUT2D eigenvalue weighted by molar-refractivity contribution is -0.147. The number of carbonyl (C=O) groups excluding carboxylic acids is 5. The van der Waals surface area contributed by atoms with Crippen molar-refractivity contribution in [2.24, 2.45) is 5.92 Å². The minimum atomic E-state index is -1.38. The first-order valence-electron chi connectivity index (χ1n) is 18.9. The number of hydrogen-bond acceptors (Lipinski definition) is 11. The quantitative estimate of drug-likeness (QED) is 0.106. The first kappa shape index (κ1) is 41.3. The van der Waals surface area contributed by atoms with E-state index >= 15 is 0 Å². The number of methoxy groups -OCH3 is 1. The molecule has 1 aromatic heterocycles. The molecule has 0 saturated carbocycles. The largest absolute Gasteiger partial charge is 0.622 e. The van der Waals surface area contributed by atoms with E-state index in [1.165, 1.54) is 18.6 Å². The summed E-state index contributed by atoms with van der Waals surface area (Å²) >= 11 is 0. The number of benzene rings is 3. The summed E-state index contributed by atoms with van der Waals surface area (Å²) < 4.78 is 16.6. The second-order valence-corrected chi connectivity index (χ2v) is 14.3. The van der Waals surface area contributed by atoms with Gasteiger partial charge in [-0.1, -0.05) is 68.4 Å². The van der Waals surface area contributed by atoms with E-state index in [-0.39, 0.29) is 42.9 Å². The normalized spacial score (nSPS) is 15.1. The highest BCUT2D eigenvalue weighted by atomic mass is 16.6. The number of amides is 3. The summed E-state index contributed by atoms with van der Waals surface area (Å²) in [5.74, 6) is -2.91. The molecule has 3 atom stereocenters. The zero-order valence-corrected chi connectivity index (χ0v) is 32.2. The molecule has 3 aromatic carbocycles. The summed E-state index contributed by atoms with van der Waals surface area (Å²) in [6.45, 7) is 6.23. The standard InChI is InChI=1S/C41H49BN6O8/c1-27(2)20-36(47-40(52)34(21-29-10-6-5-7-11-29)46-41(53)35-24-43-17-18-44-35)42-55-37(49)25-48(26-38(50)56-42)19-9-8-16-45-39(51)28(3)30-12-13-32-23-33(54-4)15-14-31(32)22-30/h5-7,10-15,17-18,22-24,27-28,34,36H,8-9,16,19-21,25-26H2,1-4H3,(H,45,51)(H,46,53)(H,47,52)/t28-,34-,36-/m0/s1. The van der Waals surface area contributed by atoms with Crippen LogP contribution in [-0.4, -0.2) is 96.9 Å². The highest BCUT2D eigenvalue weighted by Crippen LogP contribution is 2.25. The van der Waals surface area contributed by atoms with Gasteiger partial charge in [0.2, 0.25) is 11.8 Å². The van der Waals surface area contributed by atoms with Gasteiger partial charge >= 0.3 is 19.1 Å². The molecule has 14 nitrogen and oxygen atoms in total.